The number of benzene rings is 2. The predicted octanol–water partition coefficient (Wildman–Crippen LogP) is 4.57. The Hall–Kier alpha value is -2.88. The van der Waals surface area contributed by atoms with E-state index in [4.69, 9.17) is 4.74 Å². The molecular weight excluding hydrogens is 336 g/mol. The first-order valence-electron chi connectivity index (χ1n) is 9.45. The number of carbonyl (C=O) groups is 1. The number of aryl methyl sites for hydroxylation is 1. The summed E-state index contributed by atoms with van der Waals surface area (Å²) in [7, 11) is 1.64. The maximum absolute atomic E-state index is 13.1. The van der Waals surface area contributed by atoms with Gasteiger partial charge in [-0.15, -0.1) is 0 Å². The Morgan fingerprint density at radius 1 is 1.07 bits per heavy atom. The fourth-order valence-electron chi connectivity index (χ4n) is 3.90. The van der Waals surface area contributed by atoms with Crippen LogP contribution in [0.15, 0.2) is 54.6 Å². The summed E-state index contributed by atoms with van der Waals surface area (Å²) < 4.78 is 5.27. The summed E-state index contributed by atoms with van der Waals surface area (Å²) in [5, 5.41) is 0.962. The number of nitrogens with zero attached hydrogens (tertiary/aromatic N) is 2. The van der Waals surface area contributed by atoms with E-state index >= 15 is 0 Å². The number of pyridine rings is 1. The van der Waals surface area contributed by atoms with Gasteiger partial charge in [-0.3, -0.25) is 9.78 Å². The van der Waals surface area contributed by atoms with Crippen LogP contribution in [0.5, 0.6) is 5.75 Å². The van der Waals surface area contributed by atoms with Crippen molar-refractivity contribution in [3.63, 3.8) is 0 Å². The van der Waals surface area contributed by atoms with Crippen LogP contribution in [-0.2, 0) is 0 Å². The lowest BCUT2D eigenvalue weighted by Crippen LogP contribution is -2.38. The first-order chi connectivity index (χ1) is 13.2. The largest absolute Gasteiger partial charge is 0.497 e. The fraction of sp³-hybridized carbons (Fsp3) is 0.304. The number of likely N-dealkylation sites (tertiary alicyclic amines) is 1. The second-order valence-corrected chi connectivity index (χ2v) is 7.16. The van der Waals surface area contributed by atoms with Gasteiger partial charge in [-0.2, -0.15) is 0 Å². The minimum absolute atomic E-state index is 0.0872. The summed E-state index contributed by atoms with van der Waals surface area (Å²) in [5.41, 5.74) is 3.70. The molecule has 0 atom stereocenters. The number of amides is 1. The van der Waals surface area contributed by atoms with Crippen molar-refractivity contribution in [3.05, 3.63) is 71.4 Å². The maximum Gasteiger partial charge on any atom is 0.255 e. The molecule has 0 unspecified atom stereocenters. The summed E-state index contributed by atoms with van der Waals surface area (Å²) in [6.45, 7) is 3.49. The Morgan fingerprint density at radius 2 is 1.81 bits per heavy atom. The van der Waals surface area contributed by atoms with E-state index in [0.717, 1.165) is 48.3 Å². The van der Waals surface area contributed by atoms with Gasteiger partial charge in [-0.25, -0.2) is 0 Å². The molecule has 1 aliphatic rings. The molecule has 2 heterocycles. The van der Waals surface area contributed by atoms with E-state index in [1.165, 1.54) is 5.56 Å². The Balaban J connectivity index is 1.52. The van der Waals surface area contributed by atoms with E-state index in [-0.39, 0.29) is 5.91 Å². The van der Waals surface area contributed by atoms with Crippen molar-refractivity contribution < 1.29 is 9.53 Å². The zero-order valence-electron chi connectivity index (χ0n) is 15.8. The monoisotopic (exact) mass is 360 g/mol. The molecule has 0 aliphatic carbocycles. The van der Waals surface area contributed by atoms with Crippen molar-refractivity contribution in [1.82, 2.24) is 9.88 Å². The zero-order valence-corrected chi connectivity index (χ0v) is 15.8. The van der Waals surface area contributed by atoms with E-state index < -0.39 is 0 Å². The number of aromatic nitrogens is 1. The predicted molar refractivity (Wildman–Crippen MR) is 107 cm³/mol. The molecule has 138 valence electrons. The number of methoxy groups -OCH3 is 1. The highest BCUT2D eigenvalue weighted by Gasteiger charge is 2.25. The van der Waals surface area contributed by atoms with Crippen LogP contribution in [0, 0.1) is 6.92 Å². The van der Waals surface area contributed by atoms with E-state index in [9.17, 15) is 4.79 Å². The first-order valence-corrected chi connectivity index (χ1v) is 9.45. The van der Waals surface area contributed by atoms with Crippen LogP contribution in [0.2, 0.25) is 0 Å². The highest BCUT2D eigenvalue weighted by molar-refractivity contribution is 5.98. The average Bonchev–Trinajstić information content (AvgIpc) is 2.73. The molecule has 4 rings (SSSR count). The van der Waals surface area contributed by atoms with Crippen molar-refractivity contribution in [2.45, 2.75) is 25.7 Å². The number of hydrogen-bond donors (Lipinski definition) is 0. The summed E-state index contributed by atoms with van der Waals surface area (Å²) in [5.74, 6) is 1.40. The molecule has 0 radical (unpaired) electrons. The molecule has 3 aromatic rings. The Labute approximate surface area is 159 Å². The molecule has 0 saturated carbocycles. The van der Waals surface area contributed by atoms with Gasteiger partial charge >= 0.3 is 0 Å². The van der Waals surface area contributed by atoms with E-state index in [0.29, 0.717) is 11.5 Å². The van der Waals surface area contributed by atoms with Crippen molar-refractivity contribution in [3.8, 4) is 5.75 Å². The molecule has 4 heteroatoms. The third kappa shape index (κ3) is 3.52. The molecule has 1 amide bonds. The number of rotatable bonds is 3. The van der Waals surface area contributed by atoms with Crippen LogP contribution < -0.4 is 4.74 Å². The molecule has 1 aromatic heterocycles. The minimum Gasteiger partial charge on any atom is -0.497 e. The van der Waals surface area contributed by atoms with Crippen LogP contribution in [0.1, 0.15) is 40.4 Å². The fourth-order valence-corrected chi connectivity index (χ4v) is 3.90. The number of hydrogen-bond acceptors (Lipinski definition) is 3. The van der Waals surface area contributed by atoms with Gasteiger partial charge in [-0.05, 0) is 49.4 Å². The number of ether oxygens (including phenoxy) is 1. The highest BCUT2D eigenvalue weighted by Crippen LogP contribution is 2.29. The van der Waals surface area contributed by atoms with E-state index in [1.54, 1.807) is 7.11 Å². The highest BCUT2D eigenvalue weighted by atomic mass is 16.5. The Kier molecular flexibility index (Phi) is 4.80. The van der Waals surface area contributed by atoms with Crippen LogP contribution >= 0.6 is 0 Å². The van der Waals surface area contributed by atoms with E-state index in [1.807, 2.05) is 42.2 Å². The van der Waals surface area contributed by atoms with Gasteiger partial charge < -0.3 is 9.64 Å². The molecule has 27 heavy (non-hydrogen) atoms. The standard InChI is InChI=1S/C23H24N2O2/c1-16-21(14-19-8-9-20(27-2)15-22(19)24-16)23(26)25-12-10-18(11-13-25)17-6-4-3-5-7-17/h3-9,14-15,18H,10-13H2,1-2H3. The van der Waals surface area contributed by atoms with Gasteiger partial charge in [0, 0.05) is 24.5 Å². The molecule has 4 nitrogen and oxygen atoms in total. The quantitative estimate of drug-likeness (QED) is 0.687. The summed E-state index contributed by atoms with van der Waals surface area (Å²) >= 11 is 0. The summed E-state index contributed by atoms with van der Waals surface area (Å²) in [6, 6.07) is 18.3. The molecule has 0 N–H and O–H groups in total. The second kappa shape index (κ2) is 7.39. The Bertz CT molecular complexity index is 961. The number of piperidine rings is 1. The van der Waals surface area contributed by atoms with Gasteiger partial charge in [0.05, 0.1) is 23.9 Å². The second-order valence-electron chi connectivity index (χ2n) is 7.16. The van der Waals surface area contributed by atoms with Crippen molar-refractivity contribution in [1.29, 1.82) is 0 Å². The van der Waals surface area contributed by atoms with Crippen LogP contribution in [0.4, 0.5) is 0 Å². The van der Waals surface area contributed by atoms with Gasteiger partial charge in [0.1, 0.15) is 5.75 Å². The smallest absolute Gasteiger partial charge is 0.255 e. The lowest BCUT2D eigenvalue weighted by Gasteiger charge is -2.32. The summed E-state index contributed by atoms with van der Waals surface area (Å²) in [6.07, 6.45) is 2.01. The SMILES string of the molecule is COc1ccc2cc(C(=O)N3CCC(c4ccccc4)CC3)c(C)nc2c1. The van der Waals surface area contributed by atoms with Gasteiger partial charge in [-0.1, -0.05) is 30.3 Å². The van der Waals surface area contributed by atoms with Gasteiger partial charge in [0.2, 0.25) is 0 Å². The van der Waals surface area contributed by atoms with Crippen LogP contribution in [0.3, 0.4) is 0 Å². The molecule has 1 aliphatic heterocycles. The molecule has 2 aromatic carbocycles. The third-order valence-electron chi connectivity index (χ3n) is 5.50. The Morgan fingerprint density at radius 3 is 2.52 bits per heavy atom. The zero-order chi connectivity index (χ0) is 18.8. The van der Waals surface area contributed by atoms with Crippen LogP contribution in [0.25, 0.3) is 10.9 Å². The summed E-state index contributed by atoms with van der Waals surface area (Å²) in [4.78, 5) is 19.7. The van der Waals surface area contributed by atoms with Gasteiger partial charge in [0.25, 0.3) is 5.91 Å². The van der Waals surface area contributed by atoms with Gasteiger partial charge in [0.15, 0.2) is 0 Å². The third-order valence-corrected chi connectivity index (χ3v) is 5.50. The lowest BCUT2D eigenvalue weighted by molar-refractivity contribution is 0.0712. The molecule has 0 bridgehead atoms. The van der Waals surface area contributed by atoms with Crippen molar-refractivity contribution in [2.75, 3.05) is 20.2 Å². The van der Waals surface area contributed by atoms with Crippen molar-refractivity contribution >= 4 is 16.8 Å². The number of fused-ring (bicyclic) bond motifs is 1. The van der Waals surface area contributed by atoms with Crippen LogP contribution in [-0.4, -0.2) is 36.0 Å². The maximum atomic E-state index is 13.1. The normalized spacial score (nSPS) is 15.1. The molecule has 1 saturated heterocycles. The van der Waals surface area contributed by atoms with Crippen molar-refractivity contribution in [2.24, 2.45) is 0 Å². The first kappa shape index (κ1) is 17.5. The lowest BCUT2D eigenvalue weighted by atomic mass is 9.89. The molecular formula is C23H24N2O2. The van der Waals surface area contributed by atoms with E-state index in [2.05, 4.69) is 29.2 Å². The topological polar surface area (TPSA) is 42.4 Å². The molecule has 1 fully saturated rings. The molecule has 0 spiro atoms. The number of carbonyl (C=O) groups excluding carboxylic acids is 1. The average molecular weight is 360 g/mol. The minimum atomic E-state index is 0.0872.